The summed E-state index contributed by atoms with van der Waals surface area (Å²) in [7, 11) is 0. The van der Waals surface area contributed by atoms with Crippen molar-refractivity contribution < 1.29 is 9.53 Å². The van der Waals surface area contributed by atoms with E-state index < -0.39 is 0 Å². The van der Waals surface area contributed by atoms with Crippen LogP contribution >= 0.6 is 0 Å². The van der Waals surface area contributed by atoms with Crippen LogP contribution in [0.15, 0.2) is 30.3 Å². The summed E-state index contributed by atoms with van der Waals surface area (Å²) in [6, 6.07) is 9.49. The lowest BCUT2D eigenvalue weighted by atomic mass is 10.2. The highest BCUT2D eigenvalue weighted by Crippen LogP contribution is 1.94. The lowest BCUT2D eigenvalue weighted by Crippen LogP contribution is -1.85. The quantitative estimate of drug-likeness (QED) is 0.477. The number of benzene rings is 1. The highest BCUT2D eigenvalue weighted by Gasteiger charge is 1.80. The van der Waals surface area contributed by atoms with Gasteiger partial charge in [-0.3, -0.25) is 0 Å². The predicted octanol–water partition coefficient (Wildman–Crippen LogP) is 1.12. The summed E-state index contributed by atoms with van der Waals surface area (Å²) < 4.78 is 4.28. The minimum Gasteiger partial charge on any atom is -0.444 e. The van der Waals surface area contributed by atoms with Crippen molar-refractivity contribution in [2.24, 2.45) is 0 Å². The molecular weight excluding hydrogens is 152 g/mol. The van der Waals surface area contributed by atoms with Gasteiger partial charge in [-0.2, -0.15) is 0 Å². The summed E-state index contributed by atoms with van der Waals surface area (Å²) in [5.74, 6) is 5.49. The van der Waals surface area contributed by atoms with Crippen molar-refractivity contribution in [3.8, 4) is 11.8 Å². The van der Waals surface area contributed by atoms with E-state index in [2.05, 4.69) is 16.6 Å². The van der Waals surface area contributed by atoms with Gasteiger partial charge in [0, 0.05) is 5.56 Å². The summed E-state index contributed by atoms with van der Waals surface area (Å²) in [6.07, 6.45) is 0. The molecule has 1 aromatic carbocycles. The van der Waals surface area contributed by atoms with E-state index in [-0.39, 0.29) is 6.61 Å². The van der Waals surface area contributed by atoms with Crippen LogP contribution < -0.4 is 0 Å². The molecule has 59 valence electrons. The second-order valence-corrected chi connectivity index (χ2v) is 2.04. The molecule has 0 fully saturated rings. The molecule has 1 aromatic rings. The third-order valence-corrected chi connectivity index (χ3v) is 1.21. The van der Waals surface area contributed by atoms with Crippen molar-refractivity contribution in [1.29, 1.82) is 0 Å². The molecule has 0 aliphatic carbocycles. The summed E-state index contributed by atoms with van der Waals surface area (Å²) in [5.41, 5.74) is 0.909. The van der Waals surface area contributed by atoms with E-state index in [0.717, 1.165) is 5.56 Å². The van der Waals surface area contributed by atoms with Crippen molar-refractivity contribution in [1.82, 2.24) is 0 Å². The highest BCUT2D eigenvalue weighted by molar-refractivity contribution is 5.39. The number of ether oxygens (including phenoxy) is 1. The minimum atomic E-state index is 0.0956. The van der Waals surface area contributed by atoms with Crippen LogP contribution in [0.1, 0.15) is 5.56 Å². The number of hydrogen-bond acceptors (Lipinski definition) is 2. The topological polar surface area (TPSA) is 26.3 Å². The van der Waals surface area contributed by atoms with Crippen LogP contribution in [0.3, 0.4) is 0 Å². The van der Waals surface area contributed by atoms with Crippen molar-refractivity contribution >= 4 is 6.47 Å². The van der Waals surface area contributed by atoms with Crippen LogP contribution in [-0.4, -0.2) is 13.1 Å². The van der Waals surface area contributed by atoms with E-state index >= 15 is 0 Å². The number of hydrogen-bond donors (Lipinski definition) is 0. The van der Waals surface area contributed by atoms with Gasteiger partial charge < -0.3 is 4.74 Å². The standard InChI is InChI=1S/C10H7O2/c11-9-12-8-4-7-10-5-2-1-3-6-10/h1-3,5-6H,8H2. The van der Waals surface area contributed by atoms with E-state index in [1.165, 1.54) is 6.47 Å². The molecule has 0 aliphatic rings. The number of rotatable bonds is 2. The molecule has 0 aliphatic heterocycles. The second-order valence-electron chi connectivity index (χ2n) is 2.04. The van der Waals surface area contributed by atoms with E-state index in [1.54, 1.807) is 0 Å². The largest absolute Gasteiger partial charge is 0.444 e. The van der Waals surface area contributed by atoms with E-state index in [9.17, 15) is 4.79 Å². The van der Waals surface area contributed by atoms with Gasteiger partial charge in [-0.05, 0) is 12.1 Å². The Kier molecular flexibility index (Phi) is 3.46. The molecule has 0 aromatic heterocycles. The molecule has 0 amide bonds. The van der Waals surface area contributed by atoms with Gasteiger partial charge in [0.2, 0.25) is 0 Å². The fraction of sp³-hybridized carbons (Fsp3) is 0.100. The average molecular weight is 159 g/mol. The Morgan fingerprint density at radius 2 is 2.00 bits per heavy atom. The van der Waals surface area contributed by atoms with Gasteiger partial charge in [-0.25, -0.2) is 4.79 Å². The molecule has 0 bridgehead atoms. The Hall–Kier alpha value is -1.75. The van der Waals surface area contributed by atoms with Gasteiger partial charge in [-0.15, -0.1) is 0 Å². The average Bonchev–Trinajstić information content (AvgIpc) is 2.14. The summed E-state index contributed by atoms with van der Waals surface area (Å²) >= 11 is 0. The normalized spacial score (nSPS) is 8.00. The smallest absolute Gasteiger partial charge is 0.418 e. The summed E-state index contributed by atoms with van der Waals surface area (Å²) in [4.78, 5) is 9.60. The second kappa shape index (κ2) is 4.97. The predicted molar refractivity (Wildman–Crippen MR) is 45.0 cm³/mol. The SMILES string of the molecule is O=[C]OCC#Cc1ccccc1. The first kappa shape index (κ1) is 8.35. The fourth-order valence-electron chi connectivity index (χ4n) is 0.725. The van der Waals surface area contributed by atoms with Gasteiger partial charge >= 0.3 is 6.47 Å². The lowest BCUT2D eigenvalue weighted by Gasteiger charge is -1.86. The zero-order chi connectivity index (χ0) is 8.65. The lowest BCUT2D eigenvalue weighted by molar-refractivity contribution is 0.319. The summed E-state index contributed by atoms with van der Waals surface area (Å²) in [6.45, 7) is 1.40. The van der Waals surface area contributed by atoms with E-state index in [4.69, 9.17) is 0 Å². The van der Waals surface area contributed by atoms with E-state index in [1.807, 2.05) is 30.3 Å². The van der Waals surface area contributed by atoms with E-state index in [0.29, 0.717) is 0 Å². The molecule has 0 unspecified atom stereocenters. The van der Waals surface area contributed by atoms with Crippen molar-refractivity contribution in [3.63, 3.8) is 0 Å². The highest BCUT2D eigenvalue weighted by atomic mass is 16.5. The molecule has 0 saturated carbocycles. The zero-order valence-corrected chi connectivity index (χ0v) is 6.41. The first-order valence-corrected chi connectivity index (χ1v) is 3.46. The van der Waals surface area contributed by atoms with Crippen LogP contribution in [0, 0.1) is 11.8 Å². The third-order valence-electron chi connectivity index (χ3n) is 1.21. The van der Waals surface area contributed by atoms with Gasteiger partial charge in [0.05, 0.1) is 0 Å². The Morgan fingerprint density at radius 3 is 2.67 bits per heavy atom. The Morgan fingerprint density at radius 1 is 1.25 bits per heavy atom. The van der Waals surface area contributed by atoms with Crippen LogP contribution in [0.5, 0.6) is 0 Å². The zero-order valence-electron chi connectivity index (χ0n) is 6.41. The molecule has 1 rings (SSSR count). The Labute approximate surface area is 71.2 Å². The van der Waals surface area contributed by atoms with Gasteiger partial charge in [-0.1, -0.05) is 30.0 Å². The van der Waals surface area contributed by atoms with Crippen molar-refractivity contribution in [3.05, 3.63) is 35.9 Å². The molecule has 0 atom stereocenters. The monoisotopic (exact) mass is 159 g/mol. The Balaban J connectivity index is 2.49. The van der Waals surface area contributed by atoms with Gasteiger partial charge in [0.25, 0.3) is 0 Å². The fourth-order valence-corrected chi connectivity index (χ4v) is 0.725. The van der Waals surface area contributed by atoms with Crippen LogP contribution in [0.25, 0.3) is 0 Å². The maximum absolute atomic E-state index is 9.60. The van der Waals surface area contributed by atoms with Crippen LogP contribution in [0.4, 0.5) is 0 Å². The molecule has 0 N–H and O–H groups in total. The van der Waals surface area contributed by atoms with Crippen molar-refractivity contribution in [2.75, 3.05) is 6.61 Å². The molecular formula is C10H7O2. The van der Waals surface area contributed by atoms with Crippen LogP contribution in [-0.2, 0) is 9.53 Å². The minimum absolute atomic E-state index is 0.0956. The first-order chi connectivity index (χ1) is 5.93. The molecule has 12 heavy (non-hydrogen) atoms. The van der Waals surface area contributed by atoms with Crippen LogP contribution in [0.2, 0.25) is 0 Å². The maximum atomic E-state index is 9.60. The molecule has 1 radical (unpaired) electrons. The Bertz CT molecular complexity index is 293. The van der Waals surface area contributed by atoms with Gasteiger partial charge in [0.1, 0.15) is 0 Å². The molecule has 2 nitrogen and oxygen atoms in total. The van der Waals surface area contributed by atoms with Crippen molar-refractivity contribution in [2.45, 2.75) is 0 Å². The first-order valence-electron chi connectivity index (χ1n) is 3.46. The summed E-state index contributed by atoms with van der Waals surface area (Å²) in [5, 5.41) is 0. The third kappa shape index (κ3) is 2.89. The van der Waals surface area contributed by atoms with Gasteiger partial charge in [0.15, 0.2) is 6.61 Å². The molecule has 0 saturated heterocycles. The molecule has 2 heteroatoms. The molecule has 0 heterocycles. The molecule has 0 spiro atoms. The number of carbonyl (C=O) groups excluding carboxylic acids is 1. The maximum Gasteiger partial charge on any atom is 0.418 e.